The summed E-state index contributed by atoms with van der Waals surface area (Å²) < 4.78 is 9.94. The van der Waals surface area contributed by atoms with E-state index in [0.717, 1.165) is 0 Å². The first-order valence-electron chi connectivity index (χ1n) is 8.09. The molecule has 0 bridgehead atoms. The monoisotopic (exact) mass is 354 g/mol. The van der Waals surface area contributed by atoms with Gasteiger partial charge in [-0.05, 0) is 40.2 Å². The SMILES string of the molecule is CCOC(=O)c1cncc(C(O)C(O)CCNC(=O)OC(C)(C)C)c1. The van der Waals surface area contributed by atoms with Crippen LogP contribution in [0.25, 0.3) is 0 Å². The van der Waals surface area contributed by atoms with E-state index < -0.39 is 29.9 Å². The number of nitrogens with one attached hydrogen (secondary N) is 1. The highest BCUT2D eigenvalue weighted by Gasteiger charge is 2.21. The van der Waals surface area contributed by atoms with Crippen molar-refractivity contribution < 1.29 is 29.3 Å². The van der Waals surface area contributed by atoms with Crippen LogP contribution in [-0.4, -0.2) is 52.1 Å². The summed E-state index contributed by atoms with van der Waals surface area (Å²) in [7, 11) is 0. The first kappa shape index (κ1) is 20.9. The Morgan fingerprint density at radius 1 is 1.28 bits per heavy atom. The first-order chi connectivity index (χ1) is 11.6. The standard InChI is InChI=1S/C17H26N2O6/c1-5-24-15(22)12-8-11(9-18-10-12)14(21)13(20)6-7-19-16(23)25-17(2,3)4/h8-10,13-14,20-21H,5-7H2,1-4H3,(H,19,23). The molecule has 0 radical (unpaired) electrons. The molecule has 0 spiro atoms. The number of esters is 1. The topological polar surface area (TPSA) is 118 Å². The number of nitrogens with zero attached hydrogens (tertiary/aromatic N) is 1. The van der Waals surface area contributed by atoms with Crippen LogP contribution in [-0.2, 0) is 9.47 Å². The summed E-state index contributed by atoms with van der Waals surface area (Å²) in [6, 6.07) is 1.42. The van der Waals surface area contributed by atoms with E-state index >= 15 is 0 Å². The molecule has 25 heavy (non-hydrogen) atoms. The van der Waals surface area contributed by atoms with Crippen molar-refractivity contribution in [3.8, 4) is 0 Å². The number of pyridine rings is 1. The van der Waals surface area contributed by atoms with Gasteiger partial charge in [0.1, 0.15) is 11.7 Å². The fourth-order valence-corrected chi connectivity index (χ4v) is 1.96. The maximum absolute atomic E-state index is 11.7. The minimum absolute atomic E-state index is 0.101. The Kier molecular flexibility index (Phi) is 7.79. The van der Waals surface area contributed by atoms with Gasteiger partial charge in [0.25, 0.3) is 0 Å². The number of hydrogen-bond acceptors (Lipinski definition) is 7. The van der Waals surface area contributed by atoms with Crippen molar-refractivity contribution in [2.24, 2.45) is 0 Å². The molecule has 0 fully saturated rings. The van der Waals surface area contributed by atoms with Crippen molar-refractivity contribution in [1.82, 2.24) is 10.3 Å². The zero-order valence-electron chi connectivity index (χ0n) is 15.0. The van der Waals surface area contributed by atoms with Gasteiger partial charge in [0, 0.05) is 24.5 Å². The molecule has 0 aliphatic carbocycles. The van der Waals surface area contributed by atoms with E-state index in [1.165, 1.54) is 18.5 Å². The van der Waals surface area contributed by atoms with Crippen LogP contribution in [0, 0.1) is 0 Å². The lowest BCUT2D eigenvalue weighted by Crippen LogP contribution is -2.34. The lowest BCUT2D eigenvalue weighted by molar-refractivity contribution is 0.0120. The molecule has 1 aromatic heterocycles. The van der Waals surface area contributed by atoms with Gasteiger partial charge < -0.3 is 25.0 Å². The number of hydrogen-bond donors (Lipinski definition) is 3. The van der Waals surface area contributed by atoms with Crippen molar-refractivity contribution in [3.63, 3.8) is 0 Å². The number of alkyl carbamates (subject to hydrolysis) is 1. The summed E-state index contributed by atoms with van der Waals surface area (Å²) >= 11 is 0. The average Bonchev–Trinajstić information content (AvgIpc) is 2.52. The van der Waals surface area contributed by atoms with Crippen LogP contribution in [0.2, 0.25) is 0 Å². The number of aliphatic hydroxyl groups excluding tert-OH is 2. The van der Waals surface area contributed by atoms with Gasteiger partial charge >= 0.3 is 12.1 Å². The molecule has 0 aliphatic heterocycles. The Balaban J connectivity index is 2.56. The zero-order valence-corrected chi connectivity index (χ0v) is 15.0. The molecule has 0 saturated carbocycles. The smallest absolute Gasteiger partial charge is 0.407 e. The third kappa shape index (κ3) is 7.49. The number of aromatic nitrogens is 1. The van der Waals surface area contributed by atoms with Crippen molar-refractivity contribution in [1.29, 1.82) is 0 Å². The Morgan fingerprint density at radius 3 is 2.56 bits per heavy atom. The second-order valence-electron chi connectivity index (χ2n) is 6.46. The van der Waals surface area contributed by atoms with E-state index in [-0.39, 0.29) is 30.7 Å². The third-order valence-corrected chi connectivity index (χ3v) is 3.08. The summed E-state index contributed by atoms with van der Waals surface area (Å²) in [4.78, 5) is 27.1. The summed E-state index contributed by atoms with van der Waals surface area (Å²) in [5, 5.41) is 22.8. The summed E-state index contributed by atoms with van der Waals surface area (Å²) in [5.74, 6) is -0.551. The average molecular weight is 354 g/mol. The van der Waals surface area contributed by atoms with Crippen LogP contribution in [0.1, 0.15) is 56.1 Å². The lowest BCUT2D eigenvalue weighted by Gasteiger charge is -2.21. The minimum Gasteiger partial charge on any atom is -0.462 e. The molecule has 1 amide bonds. The Hall–Kier alpha value is -2.19. The molecule has 140 valence electrons. The second-order valence-corrected chi connectivity index (χ2v) is 6.46. The largest absolute Gasteiger partial charge is 0.462 e. The van der Waals surface area contributed by atoms with Gasteiger partial charge in [0.15, 0.2) is 0 Å². The van der Waals surface area contributed by atoms with Gasteiger partial charge in [-0.2, -0.15) is 0 Å². The highest BCUT2D eigenvalue weighted by molar-refractivity contribution is 5.89. The number of ether oxygens (including phenoxy) is 2. The summed E-state index contributed by atoms with van der Waals surface area (Å²) in [5.41, 5.74) is -0.130. The molecule has 2 unspecified atom stereocenters. The molecular formula is C17H26N2O6. The predicted molar refractivity (Wildman–Crippen MR) is 90.0 cm³/mol. The molecule has 1 heterocycles. The van der Waals surface area contributed by atoms with Crippen LogP contribution in [0.3, 0.4) is 0 Å². The highest BCUT2D eigenvalue weighted by atomic mass is 16.6. The fraction of sp³-hybridized carbons (Fsp3) is 0.588. The number of carbonyl (C=O) groups is 2. The molecule has 0 aromatic carbocycles. The minimum atomic E-state index is -1.25. The number of aliphatic hydroxyl groups is 2. The number of rotatable bonds is 7. The van der Waals surface area contributed by atoms with E-state index in [1.807, 2.05) is 0 Å². The van der Waals surface area contributed by atoms with Crippen molar-refractivity contribution in [3.05, 3.63) is 29.6 Å². The molecule has 1 aromatic rings. The van der Waals surface area contributed by atoms with Gasteiger partial charge in [0.05, 0.1) is 18.3 Å². The van der Waals surface area contributed by atoms with E-state index in [2.05, 4.69) is 10.3 Å². The van der Waals surface area contributed by atoms with Crippen LogP contribution < -0.4 is 5.32 Å². The van der Waals surface area contributed by atoms with E-state index in [1.54, 1.807) is 27.7 Å². The van der Waals surface area contributed by atoms with Crippen LogP contribution in [0.4, 0.5) is 4.79 Å². The Bertz CT molecular complexity index is 585. The lowest BCUT2D eigenvalue weighted by atomic mass is 10.0. The van der Waals surface area contributed by atoms with Gasteiger partial charge in [-0.1, -0.05) is 0 Å². The quantitative estimate of drug-likeness (QED) is 0.636. The van der Waals surface area contributed by atoms with E-state index in [9.17, 15) is 19.8 Å². The maximum atomic E-state index is 11.7. The van der Waals surface area contributed by atoms with E-state index in [4.69, 9.17) is 9.47 Å². The number of carbonyl (C=O) groups excluding carboxylic acids is 2. The number of amides is 1. The third-order valence-electron chi connectivity index (χ3n) is 3.08. The Morgan fingerprint density at radius 2 is 1.96 bits per heavy atom. The first-order valence-corrected chi connectivity index (χ1v) is 8.09. The van der Waals surface area contributed by atoms with Crippen LogP contribution in [0.15, 0.2) is 18.5 Å². The molecule has 1 rings (SSSR count). The van der Waals surface area contributed by atoms with Crippen LogP contribution in [0.5, 0.6) is 0 Å². The van der Waals surface area contributed by atoms with E-state index in [0.29, 0.717) is 0 Å². The van der Waals surface area contributed by atoms with Gasteiger partial charge in [0.2, 0.25) is 0 Å². The molecular weight excluding hydrogens is 328 g/mol. The molecule has 3 N–H and O–H groups in total. The highest BCUT2D eigenvalue weighted by Crippen LogP contribution is 2.19. The normalized spacial score (nSPS) is 13.7. The molecule has 8 heteroatoms. The van der Waals surface area contributed by atoms with Crippen molar-refractivity contribution in [2.45, 2.75) is 51.9 Å². The fourth-order valence-electron chi connectivity index (χ4n) is 1.96. The molecule has 0 saturated heterocycles. The van der Waals surface area contributed by atoms with Gasteiger partial charge in [-0.15, -0.1) is 0 Å². The Labute approximate surface area is 147 Å². The van der Waals surface area contributed by atoms with Crippen molar-refractivity contribution in [2.75, 3.05) is 13.2 Å². The maximum Gasteiger partial charge on any atom is 0.407 e. The zero-order chi connectivity index (χ0) is 19.0. The molecule has 0 aliphatic rings. The summed E-state index contributed by atoms with van der Waals surface area (Å²) in [6.45, 7) is 7.27. The van der Waals surface area contributed by atoms with Gasteiger partial charge in [-0.25, -0.2) is 9.59 Å². The molecule has 8 nitrogen and oxygen atoms in total. The second kappa shape index (κ2) is 9.33. The molecule has 2 atom stereocenters. The van der Waals surface area contributed by atoms with Crippen molar-refractivity contribution >= 4 is 12.1 Å². The summed E-state index contributed by atoms with van der Waals surface area (Å²) in [6.07, 6.45) is -0.205. The van der Waals surface area contributed by atoms with Gasteiger partial charge in [-0.3, -0.25) is 4.98 Å². The predicted octanol–water partition coefficient (Wildman–Crippen LogP) is 1.57. The van der Waals surface area contributed by atoms with Crippen LogP contribution >= 0.6 is 0 Å².